The summed E-state index contributed by atoms with van der Waals surface area (Å²) in [6.45, 7) is 0. The highest BCUT2D eigenvalue weighted by molar-refractivity contribution is 7.87. The monoisotopic (exact) mass is 286 g/mol. The van der Waals surface area contributed by atoms with E-state index in [1.807, 2.05) is 0 Å². The molecule has 2 aromatic rings. The minimum absolute atomic E-state index is 0.00499. The van der Waals surface area contributed by atoms with Crippen LogP contribution in [0.5, 0.6) is 5.75 Å². The Hall–Kier alpha value is -1.59. The minimum Gasteiger partial charge on any atom is -0.377 e. The Morgan fingerprint density at radius 2 is 1.72 bits per heavy atom. The Morgan fingerprint density at radius 1 is 1.06 bits per heavy atom. The zero-order valence-electron chi connectivity index (χ0n) is 9.01. The van der Waals surface area contributed by atoms with Gasteiger partial charge in [-0.05, 0) is 30.3 Å². The van der Waals surface area contributed by atoms with Crippen LogP contribution < -0.4 is 4.18 Å². The summed E-state index contributed by atoms with van der Waals surface area (Å²) in [5.74, 6) is -0.675. The van der Waals surface area contributed by atoms with E-state index in [2.05, 4.69) is 0 Å². The predicted octanol–water partition coefficient (Wildman–Crippen LogP) is 3.25. The third kappa shape index (κ3) is 2.80. The van der Waals surface area contributed by atoms with Crippen molar-refractivity contribution in [2.45, 2.75) is 4.90 Å². The van der Waals surface area contributed by atoms with Crippen molar-refractivity contribution < 1.29 is 17.0 Å². The summed E-state index contributed by atoms with van der Waals surface area (Å²) < 4.78 is 41.4. The van der Waals surface area contributed by atoms with Crippen LogP contribution in [0.2, 0.25) is 5.02 Å². The molecule has 3 nitrogen and oxygen atoms in total. The van der Waals surface area contributed by atoms with Gasteiger partial charge in [0.15, 0.2) is 5.75 Å². The molecule has 0 aliphatic heterocycles. The molecule has 0 bridgehead atoms. The van der Waals surface area contributed by atoms with Crippen LogP contribution >= 0.6 is 11.6 Å². The molecule has 0 fully saturated rings. The molecule has 2 aromatic carbocycles. The van der Waals surface area contributed by atoms with Crippen LogP contribution in [0.25, 0.3) is 0 Å². The molecule has 0 saturated carbocycles. The lowest BCUT2D eigenvalue weighted by molar-refractivity contribution is 0.485. The average molecular weight is 287 g/mol. The first-order chi connectivity index (χ1) is 8.49. The fourth-order valence-electron chi connectivity index (χ4n) is 1.30. The van der Waals surface area contributed by atoms with Crippen molar-refractivity contribution in [3.05, 3.63) is 59.4 Å². The molecule has 0 unspecified atom stereocenters. The maximum Gasteiger partial charge on any atom is 0.339 e. The largest absolute Gasteiger partial charge is 0.377 e. The number of halogens is 2. The van der Waals surface area contributed by atoms with Gasteiger partial charge < -0.3 is 4.18 Å². The van der Waals surface area contributed by atoms with E-state index < -0.39 is 15.9 Å². The van der Waals surface area contributed by atoms with Crippen LogP contribution in [0.15, 0.2) is 53.4 Å². The summed E-state index contributed by atoms with van der Waals surface area (Å²) in [5.41, 5.74) is 0. The Bertz CT molecular complexity index is 656. The Balaban J connectivity index is 2.34. The van der Waals surface area contributed by atoms with Crippen LogP contribution in [0, 0.1) is 5.82 Å². The van der Waals surface area contributed by atoms with E-state index in [0.717, 1.165) is 18.2 Å². The van der Waals surface area contributed by atoms with Crippen molar-refractivity contribution in [2.24, 2.45) is 0 Å². The van der Waals surface area contributed by atoms with Crippen molar-refractivity contribution in [1.29, 1.82) is 0 Å². The lowest BCUT2D eigenvalue weighted by Gasteiger charge is -2.08. The second-order valence-electron chi connectivity index (χ2n) is 3.43. The summed E-state index contributed by atoms with van der Waals surface area (Å²) >= 11 is 5.69. The van der Waals surface area contributed by atoms with E-state index >= 15 is 0 Å². The first-order valence-corrected chi connectivity index (χ1v) is 6.72. The molecule has 6 heteroatoms. The average Bonchev–Trinajstić information content (AvgIpc) is 2.34. The first kappa shape index (κ1) is 12.9. The SMILES string of the molecule is O=S(=O)(Oc1ccc(F)cc1Cl)c1ccccc1. The summed E-state index contributed by atoms with van der Waals surface area (Å²) in [5, 5.41) is -0.102. The highest BCUT2D eigenvalue weighted by Gasteiger charge is 2.17. The topological polar surface area (TPSA) is 43.4 Å². The Morgan fingerprint density at radius 3 is 2.33 bits per heavy atom. The summed E-state index contributed by atoms with van der Waals surface area (Å²) in [6, 6.07) is 10.8. The third-order valence-corrected chi connectivity index (χ3v) is 3.67. The predicted molar refractivity (Wildman–Crippen MR) is 65.7 cm³/mol. The molecule has 2 rings (SSSR count). The van der Waals surface area contributed by atoms with Crippen molar-refractivity contribution in [2.75, 3.05) is 0 Å². The van der Waals surface area contributed by atoms with E-state index in [0.29, 0.717) is 0 Å². The zero-order valence-corrected chi connectivity index (χ0v) is 10.6. The molecule has 0 radical (unpaired) electrons. The smallest absolute Gasteiger partial charge is 0.339 e. The van der Waals surface area contributed by atoms with Gasteiger partial charge in [0, 0.05) is 0 Å². The van der Waals surface area contributed by atoms with Crippen LogP contribution in [-0.4, -0.2) is 8.42 Å². The van der Waals surface area contributed by atoms with Gasteiger partial charge in [-0.2, -0.15) is 8.42 Å². The highest BCUT2D eigenvalue weighted by atomic mass is 35.5. The minimum atomic E-state index is -3.96. The van der Waals surface area contributed by atoms with Crippen LogP contribution in [0.1, 0.15) is 0 Å². The van der Waals surface area contributed by atoms with E-state index in [1.54, 1.807) is 18.2 Å². The van der Waals surface area contributed by atoms with Crippen LogP contribution in [0.4, 0.5) is 4.39 Å². The van der Waals surface area contributed by atoms with Gasteiger partial charge in [0.2, 0.25) is 0 Å². The summed E-state index contributed by atoms with van der Waals surface area (Å²) in [4.78, 5) is 0.00499. The highest BCUT2D eigenvalue weighted by Crippen LogP contribution is 2.27. The van der Waals surface area contributed by atoms with Crippen LogP contribution in [0.3, 0.4) is 0 Å². The maximum absolute atomic E-state index is 12.8. The molecule has 0 aliphatic rings. The van der Waals surface area contributed by atoms with Gasteiger partial charge in [0.25, 0.3) is 0 Å². The van der Waals surface area contributed by atoms with Gasteiger partial charge in [0.05, 0.1) is 5.02 Å². The lowest BCUT2D eigenvalue weighted by atomic mass is 10.3. The molecular weight excluding hydrogens is 279 g/mol. The van der Waals surface area contributed by atoms with E-state index in [4.69, 9.17) is 15.8 Å². The summed E-state index contributed by atoms with van der Waals surface area (Å²) in [6.07, 6.45) is 0. The molecule has 0 N–H and O–H groups in total. The van der Waals surface area contributed by atoms with Gasteiger partial charge in [-0.3, -0.25) is 0 Å². The van der Waals surface area contributed by atoms with Crippen molar-refractivity contribution >= 4 is 21.7 Å². The molecule has 0 amide bonds. The maximum atomic E-state index is 12.8. The standard InChI is InChI=1S/C12H8ClFO3S/c13-11-8-9(14)6-7-12(11)17-18(15,16)10-4-2-1-3-5-10/h1-8H. The normalized spacial score (nSPS) is 11.2. The van der Waals surface area contributed by atoms with Crippen molar-refractivity contribution in [1.82, 2.24) is 0 Å². The molecule has 18 heavy (non-hydrogen) atoms. The Kier molecular flexibility index (Phi) is 3.54. The van der Waals surface area contributed by atoms with Gasteiger partial charge in [-0.1, -0.05) is 29.8 Å². The molecular formula is C12H8ClFO3S. The second-order valence-corrected chi connectivity index (χ2v) is 5.38. The van der Waals surface area contributed by atoms with Crippen molar-refractivity contribution in [3.63, 3.8) is 0 Å². The summed E-state index contributed by atoms with van der Waals surface area (Å²) in [7, 11) is -3.96. The van der Waals surface area contributed by atoms with E-state index in [1.165, 1.54) is 12.1 Å². The van der Waals surface area contributed by atoms with E-state index in [9.17, 15) is 12.8 Å². The molecule has 94 valence electrons. The zero-order chi connectivity index (χ0) is 13.2. The number of rotatable bonds is 3. The number of hydrogen-bond donors (Lipinski definition) is 0. The molecule has 0 aromatic heterocycles. The number of benzene rings is 2. The fraction of sp³-hybridized carbons (Fsp3) is 0. The van der Waals surface area contributed by atoms with Gasteiger partial charge in [0.1, 0.15) is 10.7 Å². The van der Waals surface area contributed by atoms with Gasteiger partial charge >= 0.3 is 10.1 Å². The molecule has 0 spiro atoms. The fourth-order valence-corrected chi connectivity index (χ4v) is 2.52. The molecule has 0 aliphatic carbocycles. The van der Waals surface area contributed by atoms with Gasteiger partial charge in [-0.15, -0.1) is 0 Å². The van der Waals surface area contributed by atoms with Crippen LogP contribution in [-0.2, 0) is 10.1 Å². The van der Waals surface area contributed by atoms with Crippen molar-refractivity contribution in [3.8, 4) is 5.75 Å². The number of hydrogen-bond acceptors (Lipinski definition) is 3. The molecule has 0 heterocycles. The second kappa shape index (κ2) is 4.96. The first-order valence-electron chi connectivity index (χ1n) is 4.93. The van der Waals surface area contributed by atoms with Gasteiger partial charge in [-0.25, -0.2) is 4.39 Å². The quantitative estimate of drug-likeness (QED) is 0.814. The lowest BCUT2D eigenvalue weighted by Crippen LogP contribution is -2.09. The molecule has 0 saturated heterocycles. The Labute approximate surface area is 109 Å². The van der Waals surface area contributed by atoms with E-state index in [-0.39, 0.29) is 15.7 Å². The third-order valence-electron chi connectivity index (χ3n) is 2.13. The molecule has 0 atom stereocenters.